The number of aromatic nitrogens is 1. The van der Waals surface area contributed by atoms with Gasteiger partial charge in [-0.15, -0.1) is 0 Å². The third-order valence-corrected chi connectivity index (χ3v) is 4.64. The predicted molar refractivity (Wildman–Crippen MR) is 97.5 cm³/mol. The number of hydrogen-bond acceptors (Lipinski definition) is 3. The minimum absolute atomic E-state index is 0.0611. The van der Waals surface area contributed by atoms with Crippen LogP contribution in [0.1, 0.15) is 23.4 Å². The van der Waals surface area contributed by atoms with Crippen molar-refractivity contribution < 1.29 is 9.21 Å². The van der Waals surface area contributed by atoms with Gasteiger partial charge >= 0.3 is 0 Å². The third kappa shape index (κ3) is 3.07. The van der Waals surface area contributed by atoms with Gasteiger partial charge in [-0.05, 0) is 43.5 Å². The molecular weight excluding hydrogens is 312 g/mol. The zero-order valence-electron chi connectivity index (χ0n) is 14.2. The summed E-state index contributed by atoms with van der Waals surface area (Å²) in [7, 11) is 0. The number of carbonyl (C=O) groups is 1. The molecule has 4 heteroatoms. The molecule has 0 saturated carbocycles. The summed E-state index contributed by atoms with van der Waals surface area (Å²) in [6.45, 7) is 2.65. The lowest BCUT2D eigenvalue weighted by molar-refractivity contribution is -0.118. The maximum absolute atomic E-state index is 12.9. The van der Waals surface area contributed by atoms with Crippen molar-refractivity contribution in [2.75, 3.05) is 11.4 Å². The van der Waals surface area contributed by atoms with Crippen molar-refractivity contribution in [3.63, 3.8) is 0 Å². The molecular formula is C21H20N2O2. The Hall–Kier alpha value is -2.88. The molecule has 3 aromatic rings. The second-order valence-electron chi connectivity index (χ2n) is 6.35. The van der Waals surface area contributed by atoms with Gasteiger partial charge in [0.15, 0.2) is 0 Å². The second kappa shape index (κ2) is 6.55. The van der Waals surface area contributed by atoms with Gasteiger partial charge in [-0.1, -0.05) is 36.4 Å². The summed E-state index contributed by atoms with van der Waals surface area (Å²) in [5, 5.41) is 0. The quantitative estimate of drug-likeness (QED) is 0.723. The van der Waals surface area contributed by atoms with E-state index in [0.717, 1.165) is 36.3 Å². The fourth-order valence-electron chi connectivity index (χ4n) is 3.32. The van der Waals surface area contributed by atoms with E-state index in [-0.39, 0.29) is 12.3 Å². The van der Waals surface area contributed by atoms with Crippen LogP contribution in [0.15, 0.2) is 59.0 Å². The largest absolute Gasteiger partial charge is 0.440 e. The van der Waals surface area contributed by atoms with E-state index in [1.165, 1.54) is 5.56 Å². The molecule has 0 saturated heterocycles. The highest BCUT2D eigenvalue weighted by Gasteiger charge is 2.24. The summed E-state index contributed by atoms with van der Waals surface area (Å²) >= 11 is 0. The van der Waals surface area contributed by atoms with Gasteiger partial charge < -0.3 is 9.32 Å². The molecule has 0 spiro atoms. The Labute approximate surface area is 147 Å². The summed E-state index contributed by atoms with van der Waals surface area (Å²) in [6.07, 6.45) is 2.26. The van der Waals surface area contributed by atoms with E-state index in [0.29, 0.717) is 11.7 Å². The topological polar surface area (TPSA) is 46.3 Å². The second-order valence-corrected chi connectivity index (χ2v) is 6.35. The minimum atomic E-state index is 0.0611. The first-order valence-corrected chi connectivity index (χ1v) is 8.62. The number of benzene rings is 2. The number of carbonyl (C=O) groups excluding carboxylic acids is 1. The Bertz CT molecular complexity index is 899. The summed E-state index contributed by atoms with van der Waals surface area (Å²) in [6, 6.07) is 17.9. The Balaban J connectivity index is 1.57. The number of para-hydroxylation sites is 1. The van der Waals surface area contributed by atoms with Crippen molar-refractivity contribution in [3.05, 3.63) is 71.6 Å². The summed E-state index contributed by atoms with van der Waals surface area (Å²) < 4.78 is 5.89. The smallest absolute Gasteiger partial charge is 0.234 e. The van der Waals surface area contributed by atoms with Gasteiger partial charge in [0, 0.05) is 17.8 Å². The Kier molecular flexibility index (Phi) is 4.10. The van der Waals surface area contributed by atoms with E-state index < -0.39 is 0 Å². The van der Waals surface area contributed by atoms with Gasteiger partial charge in [-0.25, -0.2) is 4.98 Å². The van der Waals surface area contributed by atoms with E-state index in [1.54, 1.807) is 0 Å². The summed E-state index contributed by atoms with van der Waals surface area (Å²) in [5.41, 5.74) is 3.96. The van der Waals surface area contributed by atoms with Gasteiger partial charge in [0.05, 0.1) is 12.1 Å². The van der Waals surface area contributed by atoms with Crippen LogP contribution in [0.5, 0.6) is 0 Å². The fraction of sp³-hybridized carbons (Fsp3) is 0.238. The maximum Gasteiger partial charge on any atom is 0.234 e. The van der Waals surface area contributed by atoms with Crippen LogP contribution < -0.4 is 4.90 Å². The van der Waals surface area contributed by atoms with Gasteiger partial charge in [-0.3, -0.25) is 4.79 Å². The molecule has 126 valence electrons. The minimum Gasteiger partial charge on any atom is -0.440 e. The number of rotatable bonds is 3. The van der Waals surface area contributed by atoms with Crippen molar-refractivity contribution in [3.8, 4) is 11.5 Å². The van der Waals surface area contributed by atoms with Crippen molar-refractivity contribution >= 4 is 11.6 Å². The van der Waals surface area contributed by atoms with Crippen LogP contribution in [0, 0.1) is 6.92 Å². The number of nitrogens with zero attached hydrogens (tertiary/aromatic N) is 2. The first-order chi connectivity index (χ1) is 12.2. The van der Waals surface area contributed by atoms with Crippen molar-refractivity contribution in [2.24, 2.45) is 0 Å². The van der Waals surface area contributed by atoms with Crippen LogP contribution in [-0.4, -0.2) is 17.4 Å². The number of aryl methyl sites for hydroxylation is 2. The monoisotopic (exact) mass is 332 g/mol. The SMILES string of the molecule is Cc1nc(-c2ccccc2)oc1CC(=O)N1CCCc2ccccc21. The average molecular weight is 332 g/mol. The molecule has 1 aromatic heterocycles. The molecule has 2 aromatic carbocycles. The molecule has 1 aliphatic rings. The Morgan fingerprint density at radius 2 is 1.88 bits per heavy atom. The number of hydrogen-bond donors (Lipinski definition) is 0. The lowest BCUT2D eigenvalue weighted by Gasteiger charge is -2.29. The van der Waals surface area contributed by atoms with E-state index in [1.807, 2.05) is 60.4 Å². The molecule has 0 atom stereocenters. The highest BCUT2D eigenvalue weighted by molar-refractivity contribution is 5.95. The zero-order chi connectivity index (χ0) is 17.2. The van der Waals surface area contributed by atoms with Crippen molar-refractivity contribution in [1.29, 1.82) is 0 Å². The Morgan fingerprint density at radius 1 is 1.12 bits per heavy atom. The van der Waals surface area contributed by atoms with Crippen LogP contribution in [0.25, 0.3) is 11.5 Å². The molecule has 1 amide bonds. The van der Waals surface area contributed by atoms with Gasteiger partial charge in [0.2, 0.25) is 11.8 Å². The fourth-order valence-corrected chi connectivity index (χ4v) is 3.32. The van der Waals surface area contributed by atoms with Crippen molar-refractivity contribution in [1.82, 2.24) is 4.98 Å². The average Bonchev–Trinajstić information content (AvgIpc) is 3.02. The van der Waals surface area contributed by atoms with Crippen LogP contribution in [0.3, 0.4) is 0 Å². The van der Waals surface area contributed by atoms with E-state index in [4.69, 9.17) is 4.42 Å². The van der Waals surface area contributed by atoms with Gasteiger partial charge in [-0.2, -0.15) is 0 Å². The lowest BCUT2D eigenvalue weighted by atomic mass is 10.0. The summed E-state index contributed by atoms with van der Waals surface area (Å²) in [4.78, 5) is 19.2. The van der Waals surface area contributed by atoms with Crippen LogP contribution in [0.4, 0.5) is 5.69 Å². The predicted octanol–water partition coefficient (Wildman–Crippen LogP) is 4.17. The number of oxazole rings is 1. The molecule has 4 nitrogen and oxygen atoms in total. The molecule has 0 fully saturated rings. The molecule has 0 unspecified atom stereocenters. The first-order valence-electron chi connectivity index (χ1n) is 8.62. The van der Waals surface area contributed by atoms with Gasteiger partial charge in [0.25, 0.3) is 0 Å². The Morgan fingerprint density at radius 3 is 2.72 bits per heavy atom. The van der Waals surface area contributed by atoms with Gasteiger partial charge in [0.1, 0.15) is 5.76 Å². The molecule has 25 heavy (non-hydrogen) atoms. The van der Waals surface area contributed by atoms with Crippen LogP contribution in [0.2, 0.25) is 0 Å². The lowest BCUT2D eigenvalue weighted by Crippen LogP contribution is -2.36. The molecule has 0 N–H and O–H groups in total. The molecule has 4 rings (SSSR count). The molecule has 2 heterocycles. The summed E-state index contributed by atoms with van der Waals surface area (Å²) in [5.74, 6) is 1.28. The molecule has 0 bridgehead atoms. The number of amides is 1. The molecule has 0 radical (unpaired) electrons. The normalized spacial score (nSPS) is 13.6. The van der Waals surface area contributed by atoms with E-state index in [2.05, 4.69) is 11.1 Å². The molecule has 0 aliphatic carbocycles. The first kappa shape index (κ1) is 15.6. The maximum atomic E-state index is 12.9. The highest BCUT2D eigenvalue weighted by atomic mass is 16.4. The van der Waals surface area contributed by atoms with Crippen LogP contribution in [-0.2, 0) is 17.6 Å². The third-order valence-electron chi connectivity index (χ3n) is 4.64. The van der Waals surface area contributed by atoms with E-state index >= 15 is 0 Å². The standard InChI is InChI=1S/C21H20N2O2/c1-15-19(25-21(22-15)17-9-3-2-4-10-17)14-20(24)23-13-7-11-16-8-5-6-12-18(16)23/h2-6,8-10,12H,7,11,13-14H2,1H3. The van der Waals surface area contributed by atoms with Crippen molar-refractivity contribution in [2.45, 2.75) is 26.2 Å². The van der Waals surface area contributed by atoms with E-state index in [9.17, 15) is 4.79 Å². The number of fused-ring (bicyclic) bond motifs is 1. The molecule has 1 aliphatic heterocycles. The zero-order valence-corrected chi connectivity index (χ0v) is 14.2. The number of anilines is 1. The highest BCUT2D eigenvalue weighted by Crippen LogP contribution is 2.28. The van der Waals surface area contributed by atoms with Crippen LogP contribution >= 0.6 is 0 Å².